The first-order chi connectivity index (χ1) is 10.1. The van der Waals surface area contributed by atoms with E-state index >= 15 is 0 Å². The highest BCUT2D eigenvalue weighted by Crippen LogP contribution is 2.17. The van der Waals surface area contributed by atoms with Crippen molar-refractivity contribution < 1.29 is 18.7 Å². The van der Waals surface area contributed by atoms with Crippen molar-refractivity contribution in [1.29, 1.82) is 0 Å². The number of methoxy groups -OCH3 is 2. The van der Waals surface area contributed by atoms with Crippen molar-refractivity contribution in [2.24, 2.45) is 5.84 Å². The second-order valence-electron chi connectivity index (χ2n) is 4.46. The van der Waals surface area contributed by atoms with Gasteiger partial charge in [0, 0.05) is 27.0 Å². The van der Waals surface area contributed by atoms with Crippen LogP contribution < -0.4 is 11.3 Å². The first-order valence-electron chi connectivity index (χ1n) is 6.46. The molecular formula is C13H21FN4O3. The number of aromatic nitrogens is 1. The van der Waals surface area contributed by atoms with Gasteiger partial charge >= 0.3 is 0 Å². The number of hydrogen-bond acceptors (Lipinski definition) is 6. The summed E-state index contributed by atoms with van der Waals surface area (Å²) in [7, 11) is 3.08. The molecule has 1 aromatic rings. The third-order valence-electron chi connectivity index (χ3n) is 2.99. The minimum absolute atomic E-state index is 0.1000. The van der Waals surface area contributed by atoms with Crippen LogP contribution in [0.3, 0.4) is 0 Å². The van der Waals surface area contributed by atoms with E-state index in [0.717, 1.165) is 0 Å². The molecule has 0 radical (unpaired) electrons. The van der Waals surface area contributed by atoms with E-state index in [0.29, 0.717) is 19.8 Å². The fourth-order valence-electron chi connectivity index (χ4n) is 1.91. The van der Waals surface area contributed by atoms with Gasteiger partial charge in [0.2, 0.25) is 0 Å². The Balaban J connectivity index is 3.04. The molecular weight excluding hydrogens is 279 g/mol. The van der Waals surface area contributed by atoms with Crippen LogP contribution in [0.2, 0.25) is 0 Å². The fourth-order valence-corrected chi connectivity index (χ4v) is 1.91. The minimum atomic E-state index is -0.781. The lowest BCUT2D eigenvalue weighted by molar-refractivity contribution is 0.0475. The van der Waals surface area contributed by atoms with Gasteiger partial charge in [0.1, 0.15) is 0 Å². The molecule has 3 N–H and O–H groups in total. The topological polar surface area (TPSA) is 89.7 Å². The number of anilines is 1. The monoisotopic (exact) mass is 300 g/mol. The Hall–Kier alpha value is -1.77. The van der Waals surface area contributed by atoms with Crippen molar-refractivity contribution in [3.63, 3.8) is 0 Å². The van der Waals surface area contributed by atoms with Gasteiger partial charge in [-0.2, -0.15) is 0 Å². The van der Waals surface area contributed by atoms with E-state index in [-0.39, 0.29) is 17.4 Å². The number of nitrogens with zero attached hydrogens (tertiary/aromatic N) is 2. The van der Waals surface area contributed by atoms with Gasteiger partial charge in [0.15, 0.2) is 11.6 Å². The van der Waals surface area contributed by atoms with Gasteiger partial charge in [-0.05, 0) is 13.0 Å². The molecule has 1 aromatic heterocycles. The highest BCUT2D eigenvalue weighted by atomic mass is 19.1. The first kappa shape index (κ1) is 17.3. The predicted octanol–water partition coefficient (Wildman–Crippen LogP) is 0.630. The van der Waals surface area contributed by atoms with Crippen LogP contribution in [0.4, 0.5) is 10.2 Å². The maximum absolute atomic E-state index is 14.1. The number of nitrogens with two attached hydrogens (primary N) is 1. The summed E-state index contributed by atoms with van der Waals surface area (Å²) in [5.74, 6) is 3.75. The van der Waals surface area contributed by atoms with Gasteiger partial charge in [-0.15, -0.1) is 0 Å². The number of halogens is 1. The van der Waals surface area contributed by atoms with Crippen molar-refractivity contribution in [3.8, 4) is 0 Å². The number of carbonyl (C=O) groups excluding carboxylic acids is 1. The van der Waals surface area contributed by atoms with Crippen LogP contribution in [-0.2, 0) is 9.47 Å². The van der Waals surface area contributed by atoms with Crippen LogP contribution in [0, 0.1) is 5.82 Å². The number of hydrazine groups is 1. The number of amides is 1. The summed E-state index contributed by atoms with van der Waals surface area (Å²) in [5.41, 5.74) is 2.02. The molecule has 21 heavy (non-hydrogen) atoms. The van der Waals surface area contributed by atoms with Crippen LogP contribution in [0.25, 0.3) is 0 Å². The van der Waals surface area contributed by atoms with E-state index in [1.807, 2.05) is 6.92 Å². The average Bonchev–Trinajstić information content (AvgIpc) is 2.48. The number of nitrogen functional groups attached to an aromatic ring is 1. The van der Waals surface area contributed by atoms with E-state index in [9.17, 15) is 9.18 Å². The molecule has 0 aliphatic heterocycles. The summed E-state index contributed by atoms with van der Waals surface area (Å²) in [6.45, 7) is 2.82. The Morgan fingerprint density at radius 1 is 1.52 bits per heavy atom. The summed E-state index contributed by atoms with van der Waals surface area (Å²) in [5, 5.41) is 0. The van der Waals surface area contributed by atoms with Gasteiger partial charge < -0.3 is 19.8 Å². The molecule has 0 aromatic carbocycles. The van der Waals surface area contributed by atoms with Crippen LogP contribution in [0.1, 0.15) is 17.3 Å². The molecule has 0 saturated carbocycles. The molecule has 0 bridgehead atoms. The van der Waals surface area contributed by atoms with Crippen molar-refractivity contribution in [1.82, 2.24) is 9.88 Å². The van der Waals surface area contributed by atoms with E-state index < -0.39 is 11.7 Å². The predicted molar refractivity (Wildman–Crippen MR) is 76.3 cm³/mol. The third-order valence-corrected chi connectivity index (χ3v) is 2.99. The molecule has 1 atom stereocenters. The number of pyridine rings is 1. The van der Waals surface area contributed by atoms with Gasteiger partial charge in [-0.25, -0.2) is 15.2 Å². The quantitative estimate of drug-likeness (QED) is 0.540. The molecule has 1 rings (SSSR count). The minimum Gasteiger partial charge on any atom is -0.383 e. The standard InChI is InChI=1S/C13H21FN4O3/c1-9(8-21-3)18(6-7-20-2)13(19)10-4-5-16-12(17-15)11(10)14/h4-5,9H,6-8,15H2,1-3H3,(H,16,17). The second kappa shape index (κ2) is 8.50. The second-order valence-corrected chi connectivity index (χ2v) is 4.46. The van der Waals surface area contributed by atoms with Gasteiger partial charge in [0.05, 0.1) is 24.8 Å². The molecule has 1 amide bonds. The summed E-state index contributed by atoms with van der Waals surface area (Å²) in [4.78, 5) is 17.7. The highest BCUT2D eigenvalue weighted by molar-refractivity contribution is 5.95. The summed E-state index contributed by atoms with van der Waals surface area (Å²) in [6.07, 6.45) is 1.32. The van der Waals surface area contributed by atoms with Crippen LogP contribution in [0.5, 0.6) is 0 Å². The lowest BCUT2D eigenvalue weighted by atomic mass is 10.2. The maximum Gasteiger partial charge on any atom is 0.257 e. The normalized spacial score (nSPS) is 12.0. The smallest absolute Gasteiger partial charge is 0.257 e. The average molecular weight is 300 g/mol. The van der Waals surface area contributed by atoms with Crippen molar-refractivity contribution in [3.05, 3.63) is 23.6 Å². The van der Waals surface area contributed by atoms with E-state index in [4.69, 9.17) is 15.3 Å². The molecule has 8 heteroatoms. The maximum atomic E-state index is 14.1. The molecule has 1 unspecified atom stereocenters. The summed E-state index contributed by atoms with van der Waals surface area (Å²) >= 11 is 0. The molecule has 0 aliphatic carbocycles. The number of ether oxygens (including phenoxy) is 2. The number of carbonyl (C=O) groups is 1. The fraction of sp³-hybridized carbons (Fsp3) is 0.538. The molecule has 0 saturated heterocycles. The van der Waals surface area contributed by atoms with Crippen molar-refractivity contribution in [2.75, 3.05) is 39.4 Å². The number of hydrogen-bond donors (Lipinski definition) is 2. The van der Waals surface area contributed by atoms with E-state index in [1.54, 1.807) is 7.11 Å². The van der Waals surface area contributed by atoms with Crippen LogP contribution in [0.15, 0.2) is 12.3 Å². The zero-order valence-corrected chi connectivity index (χ0v) is 12.4. The zero-order chi connectivity index (χ0) is 15.8. The van der Waals surface area contributed by atoms with E-state index in [1.165, 1.54) is 24.3 Å². The van der Waals surface area contributed by atoms with Crippen molar-refractivity contribution in [2.45, 2.75) is 13.0 Å². The molecule has 1 heterocycles. The Morgan fingerprint density at radius 3 is 2.81 bits per heavy atom. The summed E-state index contributed by atoms with van der Waals surface area (Å²) in [6, 6.07) is 1.09. The lowest BCUT2D eigenvalue weighted by Gasteiger charge is -2.29. The number of rotatable bonds is 8. The van der Waals surface area contributed by atoms with Crippen LogP contribution in [-0.4, -0.2) is 55.8 Å². The Labute approximate surface area is 123 Å². The Morgan fingerprint density at radius 2 is 2.24 bits per heavy atom. The lowest BCUT2D eigenvalue weighted by Crippen LogP contribution is -2.43. The molecule has 0 aliphatic rings. The Bertz CT molecular complexity index is 473. The van der Waals surface area contributed by atoms with Gasteiger partial charge in [-0.3, -0.25) is 4.79 Å². The molecule has 7 nitrogen and oxygen atoms in total. The van der Waals surface area contributed by atoms with E-state index in [2.05, 4.69) is 10.4 Å². The van der Waals surface area contributed by atoms with Crippen LogP contribution >= 0.6 is 0 Å². The SMILES string of the molecule is COCCN(C(=O)c1ccnc(NN)c1F)C(C)COC. The first-order valence-corrected chi connectivity index (χ1v) is 6.46. The molecule has 118 valence electrons. The highest BCUT2D eigenvalue weighted by Gasteiger charge is 2.25. The van der Waals surface area contributed by atoms with Crippen molar-refractivity contribution >= 4 is 11.7 Å². The zero-order valence-electron chi connectivity index (χ0n) is 12.4. The summed E-state index contributed by atoms with van der Waals surface area (Å²) < 4.78 is 24.2. The largest absolute Gasteiger partial charge is 0.383 e. The molecule has 0 spiro atoms. The number of nitrogens with one attached hydrogen (secondary N) is 1. The van der Waals surface area contributed by atoms with Gasteiger partial charge in [0.25, 0.3) is 5.91 Å². The third kappa shape index (κ3) is 4.35. The molecule has 0 fully saturated rings. The van der Waals surface area contributed by atoms with Gasteiger partial charge in [-0.1, -0.05) is 0 Å². The Kier molecular flexibility index (Phi) is 7.00.